The van der Waals surface area contributed by atoms with Crippen LogP contribution in [0.1, 0.15) is 39.9 Å². The number of benzene rings is 3. The molecule has 52 heavy (non-hydrogen) atoms. The maximum absolute atomic E-state index is 13.6. The van der Waals surface area contributed by atoms with Gasteiger partial charge in [0.15, 0.2) is 0 Å². The summed E-state index contributed by atoms with van der Waals surface area (Å²) in [6.45, 7) is 2.57. The molecule has 15 heteroatoms. The Hall–Kier alpha value is -4.99. The number of aromatic nitrogens is 1. The van der Waals surface area contributed by atoms with Crippen LogP contribution in [0, 0.1) is 6.92 Å². The summed E-state index contributed by atoms with van der Waals surface area (Å²) in [4.78, 5) is 55.0. The fourth-order valence-electron chi connectivity index (χ4n) is 5.38. The summed E-state index contributed by atoms with van der Waals surface area (Å²) in [6.07, 6.45) is 3.20. The molecule has 3 aromatic carbocycles. The largest absolute Gasteiger partial charge is 0.478 e. The maximum Gasteiger partial charge on any atom is 0.335 e. The van der Waals surface area contributed by atoms with Crippen LogP contribution in [0.4, 0.5) is 5.69 Å². The van der Waals surface area contributed by atoms with Crippen LogP contribution in [0.15, 0.2) is 88.9 Å². The number of hydrogen-bond donors (Lipinski definition) is 7. The molecular formula is C37H43ClN8O5S. The number of carbonyl (C=O) groups is 4. The van der Waals surface area contributed by atoms with Crippen LogP contribution in [-0.4, -0.2) is 71.5 Å². The molecule has 13 nitrogen and oxygen atoms in total. The Morgan fingerprint density at radius 3 is 2.42 bits per heavy atom. The number of aryl methyl sites for hydroxylation is 1. The number of nitrogens with one attached hydrogen (secondary N) is 4. The number of para-hydroxylation sites is 1. The van der Waals surface area contributed by atoms with Gasteiger partial charge in [0.25, 0.3) is 5.91 Å². The van der Waals surface area contributed by atoms with E-state index >= 15 is 0 Å². The Labute approximate surface area is 311 Å². The van der Waals surface area contributed by atoms with Crippen LogP contribution in [0.5, 0.6) is 0 Å². The molecule has 0 saturated carbocycles. The molecule has 0 aliphatic carbocycles. The Morgan fingerprint density at radius 1 is 1.00 bits per heavy atom. The number of amides is 3. The number of anilines is 1. The Morgan fingerprint density at radius 2 is 1.75 bits per heavy atom. The van der Waals surface area contributed by atoms with Crippen LogP contribution >= 0.6 is 23.4 Å². The molecule has 0 radical (unpaired) electrons. The fraction of sp³-hybridized carbons (Fsp3) is 0.270. The summed E-state index contributed by atoms with van der Waals surface area (Å²) >= 11 is 8.07. The molecule has 0 spiro atoms. The lowest BCUT2D eigenvalue weighted by Crippen LogP contribution is -2.56. The van der Waals surface area contributed by atoms with Gasteiger partial charge in [0.2, 0.25) is 12.3 Å². The smallest absolute Gasteiger partial charge is 0.335 e. The third-order valence-corrected chi connectivity index (χ3v) is 9.89. The van der Waals surface area contributed by atoms with Gasteiger partial charge in [-0.15, -0.1) is 0 Å². The maximum atomic E-state index is 13.6. The number of nitrogens with two attached hydrogens (primary N) is 2. The third-order valence-electron chi connectivity index (χ3n) is 8.23. The summed E-state index contributed by atoms with van der Waals surface area (Å²) in [5, 5.41) is 20.5. The second-order valence-electron chi connectivity index (χ2n) is 11.8. The van der Waals surface area contributed by atoms with Gasteiger partial charge in [-0.05, 0) is 84.5 Å². The first kappa shape index (κ1) is 39.8. The molecule has 0 fully saturated rings. The van der Waals surface area contributed by atoms with Gasteiger partial charge in [-0.3, -0.25) is 24.8 Å². The van der Waals surface area contributed by atoms with Crippen molar-refractivity contribution in [3.8, 4) is 11.1 Å². The summed E-state index contributed by atoms with van der Waals surface area (Å²) in [5.74, 6) is -1.83. The highest BCUT2D eigenvalue weighted by molar-refractivity contribution is 7.99. The van der Waals surface area contributed by atoms with E-state index in [9.17, 15) is 24.3 Å². The third kappa shape index (κ3) is 10.5. The van der Waals surface area contributed by atoms with E-state index < -0.39 is 29.9 Å². The monoisotopic (exact) mass is 746 g/mol. The number of halogens is 1. The van der Waals surface area contributed by atoms with Gasteiger partial charge in [-0.2, -0.15) is 0 Å². The van der Waals surface area contributed by atoms with Gasteiger partial charge in [0.05, 0.1) is 22.3 Å². The number of pyridine rings is 1. The summed E-state index contributed by atoms with van der Waals surface area (Å²) in [7, 11) is 1.58. The van der Waals surface area contributed by atoms with Crippen molar-refractivity contribution in [2.45, 2.75) is 54.9 Å². The Kier molecular flexibility index (Phi) is 15.0. The standard InChI is InChI=1S/C37H43ClN8O5S/c1-23-7-3-4-9-30(23)45-46(2)36(49)32(19-40)44-34(48)31(10-5-17-39)43-20-26-8-6-18-42-35(26)52-33-28(21-41-22-47)27(15-16-29(33)38)24-11-13-25(14-12-24)37(50)51/h3-4,6-9,11-16,18,22,31-32,43,45H,5,10,17,19-21,39-40H2,1-2H3,(H,41,47)(H,44,48)(H,50,51)/t31-,32-/m0/s1. The van der Waals surface area contributed by atoms with E-state index in [4.69, 9.17) is 23.1 Å². The van der Waals surface area contributed by atoms with E-state index in [1.165, 1.54) is 28.9 Å². The molecule has 4 rings (SSSR count). The molecule has 0 saturated heterocycles. The molecule has 4 aromatic rings. The lowest BCUT2D eigenvalue weighted by Gasteiger charge is -2.27. The van der Waals surface area contributed by atoms with Crippen molar-refractivity contribution in [1.82, 2.24) is 25.9 Å². The van der Waals surface area contributed by atoms with Gasteiger partial charge in [-0.25, -0.2) is 9.78 Å². The number of nitrogens with zero attached hydrogens (tertiary/aromatic N) is 2. The number of rotatable bonds is 19. The minimum Gasteiger partial charge on any atom is -0.478 e. The molecule has 0 aliphatic rings. The van der Waals surface area contributed by atoms with Crippen molar-refractivity contribution in [1.29, 1.82) is 0 Å². The summed E-state index contributed by atoms with van der Waals surface area (Å²) in [6, 6.07) is 19.5. The van der Waals surface area contributed by atoms with Gasteiger partial charge >= 0.3 is 5.97 Å². The summed E-state index contributed by atoms with van der Waals surface area (Å²) < 4.78 is 0. The van der Waals surface area contributed by atoms with E-state index in [2.05, 4.69) is 26.4 Å². The number of likely N-dealkylation sites (N-methyl/N-ethyl adjacent to an activating group) is 1. The first-order chi connectivity index (χ1) is 25.1. The molecular weight excluding hydrogens is 704 g/mol. The van der Waals surface area contributed by atoms with Gasteiger partial charge < -0.3 is 32.5 Å². The SMILES string of the molecule is Cc1ccccc1NN(C)C(=O)[C@H](CN)NC(=O)[C@H](CCCN)NCc1cccnc1Sc1c(Cl)ccc(-c2ccc(C(=O)O)cc2)c1CNC=O. The summed E-state index contributed by atoms with van der Waals surface area (Å²) in [5.41, 5.74) is 19.7. The highest BCUT2D eigenvalue weighted by Crippen LogP contribution is 2.41. The minimum absolute atomic E-state index is 0.109. The van der Waals surface area contributed by atoms with E-state index in [1.807, 2.05) is 43.3 Å². The zero-order valence-electron chi connectivity index (χ0n) is 28.9. The fourth-order valence-corrected chi connectivity index (χ4v) is 6.72. The highest BCUT2D eigenvalue weighted by Gasteiger charge is 2.27. The molecule has 274 valence electrons. The molecule has 0 unspecified atom stereocenters. The van der Waals surface area contributed by atoms with Crippen LogP contribution in [-0.2, 0) is 27.5 Å². The van der Waals surface area contributed by atoms with Crippen molar-refractivity contribution < 1.29 is 24.3 Å². The van der Waals surface area contributed by atoms with Crippen molar-refractivity contribution in [3.05, 3.63) is 106 Å². The van der Waals surface area contributed by atoms with Crippen LogP contribution in [0.3, 0.4) is 0 Å². The second-order valence-corrected chi connectivity index (χ2v) is 13.2. The quantitative estimate of drug-likeness (QED) is 0.0541. The normalized spacial score (nSPS) is 12.0. The van der Waals surface area contributed by atoms with E-state index in [0.717, 1.165) is 33.5 Å². The van der Waals surface area contributed by atoms with Crippen LogP contribution < -0.4 is 32.8 Å². The van der Waals surface area contributed by atoms with E-state index in [1.54, 1.807) is 37.5 Å². The zero-order valence-corrected chi connectivity index (χ0v) is 30.5. The van der Waals surface area contributed by atoms with Gasteiger partial charge in [0, 0.05) is 37.8 Å². The average Bonchev–Trinajstić information content (AvgIpc) is 3.15. The number of hydrazine groups is 1. The molecule has 0 aliphatic heterocycles. The minimum atomic E-state index is -1.03. The van der Waals surface area contributed by atoms with Crippen LogP contribution in [0.25, 0.3) is 11.1 Å². The van der Waals surface area contributed by atoms with Crippen molar-refractivity contribution in [3.63, 3.8) is 0 Å². The zero-order chi connectivity index (χ0) is 37.6. The molecule has 0 bridgehead atoms. The van der Waals surface area contributed by atoms with Gasteiger partial charge in [-0.1, -0.05) is 65.8 Å². The molecule has 1 heterocycles. The number of carboxylic acids is 1. The first-order valence-corrected chi connectivity index (χ1v) is 17.7. The highest BCUT2D eigenvalue weighted by atomic mass is 35.5. The lowest BCUT2D eigenvalue weighted by atomic mass is 9.98. The molecule has 3 amide bonds. The van der Waals surface area contributed by atoms with Crippen LogP contribution in [0.2, 0.25) is 5.02 Å². The molecule has 1 aromatic heterocycles. The number of carbonyl (C=O) groups excluding carboxylic acids is 3. The number of carboxylic acid groups (broad SMARTS) is 1. The topological polar surface area (TPSA) is 205 Å². The first-order valence-electron chi connectivity index (χ1n) is 16.6. The van der Waals surface area contributed by atoms with E-state index in [0.29, 0.717) is 40.7 Å². The van der Waals surface area contributed by atoms with Gasteiger partial charge in [0.1, 0.15) is 11.1 Å². The Bertz CT molecular complexity index is 1860. The number of aromatic carboxylic acids is 1. The van der Waals surface area contributed by atoms with E-state index in [-0.39, 0.29) is 25.2 Å². The predicted molar refractivity (Wildman–Crippen MR) is 203 cm³/mol. The second kappa shape index (κ2) is 19.6. The number of hydrogen-bond acceptors (Lipinski definition) is 10. The predicted octanol–water partition coefficient (Wildman–Crippen LogP) is 3.93. The van der Waals surface area contributed by atoms with Crippen molar-refractivity contribution in [2.75, 3.05) is 25.6 Å². The molecule has 2 atom stereocenters. The van der Waals surface area contributed by atoms with Crippen molar-refractivity contribution >= 4 is 53.2 Å². The lowest BCUT2D eigenvalue weighted by molar-refractivity contribution is -0.134. The van der Waals surface area contributed by atoms with Crippen molar-refractivity contribution in [2.24, 2.45) is 11.5 Å². The average molecular weight is 747 g/mol. The molecule has 9 N–H and O–H groups in total. The Balaban J connectivity index is 1.54.